The van der Waals surface area contributed by atoms with Gasteiger partial charge >= 0.3 is 5.97 Å². The molecule has 2 aliphatic rings. The highest BCUT2D eigenvalue weighted by atomic mass is 32.2. The van der Waals surface area contributed by atoms with Crippen LogP contribution < -0.4 is 14.4 Å². The summed E-state index contributed by atoms with van der Waals surface area (Å²) in [6.07, 6.45) is 0.131. The fourth-order valence-electron chi connectivity index (χ4n) is 4.03. The molecule has 2 aromatic carbocycles. The third kappa shape index (κ3) is 4.63. The average Bonchev–Trinajstić information content (AvgIpc) is 3.03. The Morgan fingerprint density at radius 1 is 1.12 bits per heavy atom. The van der Waals surface area contributed by atoms with Crippen LogP contribution in [0.5, 0.6) is 11.5 Å². The van der Waals surface area contributed by atoms with Gasteiger partial charge < -0.3 is 19.3 Å². The highest BCUT2D eigenvalue weighted by Gasteiger charge is 2.46. The van der Waals surface area contributed by atoms with Crippen molar-refractivity contribution in [2.45, 2.75) is 22.5 Å². The first-order valence-corrected chi connectivity index (χ1v) is 11.3. The highest BCUT2D eigenvalue weighted by molar-refractivity contribution is 8.01. The van der Waals surface area contributed by atoms with E-state index in [9.17, 15) is 14.8 Å². The second-order valence-electron chi connectivity index (χ2n) is 7.77. The lowest BCUT2D eigenvalue weighted by atomic mass is 9.99. The Bertz CT molecular complexity index is 964. The zero-order valence-electron chi connectivity index (χ0n) is 17.9. The van der Waals surface area contributed by atoms with Gasteiger partial charge in [-0.15, -0.1) is 11.8 Å². The molecule has 1 fully saturated rings. The molecule has 2 aliphatic heterocycles. The van der Waals surface area contributed by atoms with Crippen LogP contribution >= 0.6 is 11.8 Å². The van der Waals surface area contributed by atoms with Crippen LogP contribution in [0.2, 0.25) is 0 Å². The maximum absolute atomic E-state index is 13.2. The third-order valence-corrected chi connectivity index (χ3v) is 7.31. The number of carbonyl (C=O) groups excluding carboxylic acids is 2. The molecule has 1 N–H and O–H groups in total. The number of hydrogen-bond acceptors (Lipinski definition) is 8. The van der Waals surface area contributed by atoms with Crippen LogP contribution in [0, 0.1) is 0 Å². The Morgan fingerprint density at radius 3 is 2.56 bits per heavy atom. The summed E-state index contributed by atoms with van der Waals surface area (Å²) in [7, 11) is 1.55. The lowest BCUT2D eigenvalue weighted by Gasteiger charge is -2.37. The van der Waals surface area contributed by atoms with Crippen LogP contribution in [0.15, 0.2) is 53.4 Å². The smallest absolute Gasteiger partial charge is 0.358 e. The summed E-state index contributed by atoms with van der Waals surface area (Å²) >= 11 is 1.18. The van der Waals surface area contributed by atoms with Crippen LogP contribution in [0.3, 0.4) is 0 Å². The molecule has 8 nitrogen and oxygen atoms in total. The number of para-hydroxylation sites is 1. The van der Waals surface area contributed by atoms with Gasteiger partial charge in [-0.25, -0.2) is 4.79 Å². The number of hydrogen-bond donors (Lipinski definition) is 1. The molecular weight excluding hydrogens is 432 g/mol. The molecular formula is C23H26N2O6S. The summed E-state index contributed by atoms with van der Waals surface area (Å²) in [5.74, 6) is 0.212. The van der Waals surface area contributed by atoms with Crippen LogP contribution in [-0.4, -0.2) is 66.7 Å². The van der Waals surface area contributed by atoms with E-state index in [1.54, 1.807) is 30.2 Å². The molecule has 32 heavy (non-hydrogen) atoms. The maximum Gasteiger partial charge on any atom is 0.358 e. The van der Waals surface area contributed by atoms with Crippen molar-refractivity contribution in [1.82, 2.24) is 4.90 Å². The molecule has 0 saturated carbocycles. The Kier molecular flexibility index (Phi) is 6.76. The van der Waals surface area contributed by atoms with Gasteiger partial charge in [0.2, 0.25) is 5.91 Å². The first-order valence-electron chi connectivity index (χ1n) is 10.5. The minimum atomic E-state index is -1.29. The van der Waals surface area contributed by atoms with Crippen molar-refractivity contribution in [3.8, 4) is 11.5 Å². The molecule has 0 radical (unpaired) electrons. The molecule has 4 rings (SSSR count). The third-order valence-electron chi connectivity index (χ3n) is 5.87. The van der Waals surface area contributed by atoms with E-state index >= 15 is 0 Å². The molecule has 2 aromatic rings. The van der Waals surface area contributed by atoms with E-state index in [0.29, 0.717) is 42.6 Å². The summed E-state index contributed by atoms with van der Waals surface area (Å²) in [6.45, 7) is 2.76. The van der Waals surface area contributed by atoms with E-state index in [1.165, 1.54) is 11.8 Å². The summed E-state index contributed by atoms with van der Waals surface area (Å²) in [6, 6.07) is 15.4. The fourth-order valence-corrected chi connectivity index (χ4v) is 5.36. The first kappa shape index (κ1) is 22.3. The molecule has 0 spiro atoms. The van der Waals surface area contributed by atoms with E-state index in [0.717, 1.165) is 5.69 Å². The van der Waals surface area contributed by atoms with Gasteiger partial charge in [-0.2, -0.15) is 5.26 Å². The number of rotatable bonds is 5. The normalized spacial score (nSPS) is 20.6. The molecule has 9 heteroatoms. The number of nitrogens with zero attached hydrogens (tertiary/aromatic N) is 2. The molecule has 1 atom stereocenters. The van der Waals surface area contributed by atoms with Gasteiger partial charge in [0.25, 0.3) is 0 Å². The molecule has 1 unspecified atom stereocenters. The van der Waals surface area contributed by atoms with Crippen molar-refractivity contribution in [3.05, 3.63) is 48.5 Å². The van der Waals surface area contributed by atoms with E-state index in [2.05, 4.69) is 21.9 Å². The van der Waals surface area contributed by atoms with Crippen LogP contribution in [0.25, 0.3) is 0 Å². The van der Waals surface area contributed by atoms with Crippen molar-refractivity contribution in [1.29, 1.82) is 0 Å². The number of fused-ring (bicyclic) bond motifs is 1. The number of ether oxygens (including phenoxy) is 2. The monoisotopic (exact) mass is 458 g/mol. The van der Waals surface area contributed by atoms with E-state index in [1.807, 2.05) is 18.2 Å². The molecule has 0 aromatic heterocycles. The number of carbonyl (C=O) groups is 2. The second kappa shape index (κ2) is 9.70. The Labute approximate surface area is 191 Å². The molecule has 0 aliphatic carbocycles. The quantitative estimate of drug-likeness (QED) is 0.540. The number of methoxy groups -OCH3 is 1. The minimum Gasteiger partial charge on any atom is -0.497 e. The van der Waals surface area contributed by atoms with Crippen LogP contribution in [0.4, 0.5) is 5.69 Å². The largest absolute Gasteiger partial charge is 0.497 e. The second-order valence-corrected chi connectivity index (χ2v) is 9.19. The van der Waals surface area contributed by atoms with Gasteiger partial charge in [0, 0.05) is 38.3 Å². The lowest BCUT2D eigenvalue weighted by molar-refractivity contribution is -0.237. The molecule has 0 bridgehead atoms. The number of piperazine rings is 1. The van der Waals surface area contributed by atoms with Gasteiger partial charge in [-0.1, -0.05) is 18.2 Å². The highest BCUT2D eigenvalue weighted by Crippen LogP contribution is 2.47. The summed E-state index contributed by atoms with van der Waals surface area (Å²) in [5, 5.41) is 9.22. The minimum absolute atomic E-state index is 0.0948. The number of thioether (sulfide) groups is 1. The molecule has 1 saturated heterocycles. The van der Waals surface area contributed by atoms with Crippen molar-refractivity contribution in [2.75, 3.05) is 44.8 Å². The Hall–Kier alpha value is -2.91. The molecule has 170 valence electrons. The fraction of sp³-hybridized carbons (Fsp3) is 0.391. The summed E-state index contributed by atoms with van der Waals surface area (Å²) in [4.78, 5) is 34.7. The Balaban J connectivity index is 1.49. The standard InChI is InChI=1S/C23H26N2O6S/c1-29-18-7-8-19-20(15-18)32-23(9-14-30-19,22(27)31-28)16-21(26)25-12-10-24(11-13-25)17-5-3-2-4-6-17/h2-8,15,28H,9-14,16H2,1H3. The van der Waals surface area contributed by atoms with E-state index in [-0.39, 0.29) is 25.4 Å². The van der Waals surface area contributed by atoms with Gasteiger partial charge in [0.05, 0.1) is 25.0 Å². The maximum atomic E-state index is 13.2. The van der Waals surface area contributed by atoms with Crippen LogP contribution in [-0.2, 0) is 14.5 Å². The number of amides is 1. The number of benzene rings is 2. The van der Waals surface area contributed by atoms with E-state index in [4.69, 9.17) is 9.47 Å². The Morgan fingerprint density at radius 2 is 1.88 bits per heavy atom. The van der Waals surface area contributed by atoms with Crippen LogP contribution in [0.1, 0.15) is 12.8 Å². The molecule has 1 amide bonds. The van der Waals surface area contributed by atoms with Crippen molar-refractivity contribution in [3.63, 3.8) is 0 Å². The first-order chi connectivity index (χ1) is 15.5. The zero-order chi connectivity index (χ0) is 22.6. The zero-order valence-corrected chi connectivity index (χ0v) is 18.7. The van der Waals surface area contributed by atoms with E-state index < -0.39 is 10.7 Å². The summed E-state index contributed by atoms with van der Waals surface area (Å²) < 4.78 is 9.78. The van der Waals surface area contributed by atoms with Crippen molar-refractivity contribution < 1.29 is 29.2 Å². The van der Waals surface area contributed by atoms with Gasteiger partial charge in [-0.05, 0) is 30.3 Å². The summed E-state index contributed by atoms with van der Waals surface area (Å²) in [5.41, 5.74) is 1.13. The van der Waals surface area contributed by atoms with Gasteiger partial charge in [0.15, 0.2) is 0 Å². The topological polar surface area (TPSA) is 88.5 Å². The lowest BCUT2D eigenvalue weighted by Crippen LogP contribution is -2.51. The predicted octanol–water partition coefficient (Wildman–Crippen LogP) is 3.06. The SMILES string of the molecule is COc1ccc2c(c1)SC(CC(=O)N1CCN(c3ccccc3)CC1)(C(=O)OO)CCO2. The van der Waals surface area contributed by atoms with Crippen molar-refractivity contribution in [2.24, 2.45) is 0 Å². The number of anilines is 1. The van der Waals surface area contributed by atoms with Crippen molar-refractivity contribution >= 4 is 29.3 Å². The van der Waals surface area contributed by atoms with Gasteiger partial charge in [-0.3, -0.25) is 9.68 Å². The average molecular weight is 459 g/mol. The van der Waals surface area contributed by atoms with Gasteiger partial charge in [0.1, 0.15) is 16.2 Å². The molecule has 2 heterocycles. The predicted molar refractivity (Wildman–Crippen MR) is 120 cm³/mol.